The summed E-state index contributed by atoms with van der Waals surface area (Å²) < 4.78 is 0. The van der Waals surface area contributed by atoms with E-state index in [2.05, 4.69) is 10.6 Å². The summed E-state index contributed by atoms with van der Waals surface area (Å²) in [6.45, 7) is -0.803. The van der Waals surface area contributed by atoms with Crippen LogP contribution in [-0.4, -0.2) is 58.6 Å². The highest BCUT2D eigenvalue weighted by Gasteiger charge is 2.05. The van der Waals surface area contributed by atoms with Gasteiger partial charge >= 0.3 is 11.9 Å². The van der Waals surface area contributed by atoms with Gasteiger partial charge in [0.25, 0.3) is 0 Å². The third-order valence-corrected chi connectivity index (χ3v) is 2.81. The Hall–Kier alpha value is -1.77. The van der Waals surface area contributed by atoms with Crippen molar-refractivity contribution >= 4 is 35.5 Å². The number of amides is 2. The molecule has 108 valence electrons. The van der Waals surface area contributed by atoms with Crippen molar-refractivity contribution in [1.29, 1.82) is 0 Å². The van der Waals surface area contributed by atoms with E-state index in [4.69, 9.17) is 10.2 Å². The Kier molecular flexibility index (Phi) is 9.23. The van der Waals surface area contributed by atoms with Crippen molar-refractivity contribution in [2.75, 3.05) is 24.6 Å². The molecule has 0 aliphatic heterocycles. The quantitative estimate of drug-likeness (QED) is 0.376. The zero-order valence-electron chi connectivity index (χ0n) is 10.2. The first-order valence-electron chi connectivity index (χ1n) is 5.46. The van der Waals surface area contributed by atoms with E-state index in [0.717, 1.165) is 0 Å². The summed E-state index contributed by atoms with van der Waals surface area (Å²) in [6.07, 6.45) is 0.351. The van der Waals surface area contributed by atoms with Crippen LogP contribution in [0.25, 0.3) is 0 Å². The Labute approximate surface area is 113 Å². The van der Waals surface area contributed by atoms with E-state index in [0.29, 0.717) is 11.5 Å². The molecule has 0 aromatic carbocycles. The van der Waals surface area contributed by atoms with Crippen molar-refractivity contribution in [1.82, 2.24) is 10.6 Å². The number of thioether (sulfide) groups is 1. The molecule has 0 aromatic rings. The summed E-state index contributed by atoms with van der Waals surface area (Å²) in [7, 11) is 0. The highest BCUT2D eigenvalue weighted by Crippen LogP contribution is 2.04. The van der Waals surface area contributed by atoms with Gasteiger partial charge < -0.3 is 20.8 Å². The molecule has 0 unspecified atom stereocenters. The van der Waals surface area contributed by atoms with E-state index in [1.807, 2.05) is 0 Å². The molecule has 0 saturated heterocycles. The second-order valence-electron chi connectivity index (χ2n) is 3.45. The molecule has 0 rings (SSSR count). The van der Waals surface area contributed by atoms with Crippen molar-refractivity contribution in [2.45, 2.75) is 12.8 Å². The monoisotopic (exact) mass is 292 g/mol. The Bertz CT molecular complexity index is 315. The fraction of sp³-hybridized carbons (Fsp3) is 0.600. The lowest BCUT2D eigenvalue weighted by molar-refractivity contribution is -0.138. The van der Waals surface area contributed by atoms with Crippen molar-refractivity contribution < 1.29 is 29.4 Å². The van der Waals surface area contributed by atoms with Gasteiger partial charge in [-0.05, 0) is 0 Å². The van der Waals surface area contributed by atoms with Crippen LogP contribution >= 0.6 is 11.8 Å². The molecule has 0 aliphatic carbocycles. The summed E-state index contributed by atoms with van der Waals surface area (Å²) >= 11 is 1.36. The van der Waals surface area contributed by atoms with Gasteiger partial charge in [0.15, 0.2) is 0 Å². The molecule has 0 radical (unpaired) electrons. The van der Waals surface area contributed by atoms with Crippen molar-refractivity contribution in [2.24, 2.45) is 0 Å². The molecule has 0 aliphatic rings. The smallest absolute Gasteiger partial charge is 0.322 e. The maximum Gasteiger partial charge on any atom is 0.322 e. The number of carboxylic acids is 2. The number of hydrogen-bond donors (Lipinski definition) is 4. The minimum Gasteiger partial charge on any atom is -0.480 e. The zero-order valence-corrected chi connectivity index (χ0v) is 11.0. The van der Waals surface area contributed by atoms with Crippen LogP contribution in [0.2, 0.25) is 0 Å². The van der Waals surface area contributed by atoms with Gasteiger partial charge in [-0.15, -0.1) is 0 Å². The first-order valence-corrected chi connectivity index (χ1v) is 6.62. The Morgan fingerprint density at radius 1 is 0.789 bits per heavy atom. The molecule has 2 amide bonds. The lowest BCUT2D eigenvalue weighted by Crippen LogP contribution is -2.30. The molecular formula is C10H16N2O6S. The van der Waals surface area contributed by atoms with Gasteiger partial charge in [-0.3, -0.25) is 19.2 Å². The SMILES string of the molecule is O=C(O)CNC(=O)CCSCCC(=O)NCC(=O)O. The van der Waals surface area contributed by atoms with Crippen molar-refractivity contribution in [3.8, 4) is 0 Å². The van der Waals surface area contributed by atoms with Gasteiger partial charge in [-0.25, -0.2) is 0 Å². The number of carboxylic acid groups (broad SMARTS) is 2. The molecule has 9 heteroatoms. The number of aliphatic carboxylic acids is 2. The number of rotatable bonds is 10. The molecule has 8 nitrogen and oxygen atoms in total. The second-order valence-corrected chi connectivity index (χ2v) is 4.68. The van der Waals surface area contributed by atoms with E-state index >= 15 is 0 Å². The second kappa shape index (κ2) is 10.2. The van der Waals surface area contributed by atoms with Crippen LogP contribution in [0.3, 0.4) is 0 Å². The average molecular weight is 292 g/mol. The Morgan fingerprint density at radius 3 is 1.47 bits per heavy atom. The van der Waals surface area contributed by atoms with Crippen LogP contribution < -0.4 is 10.6 Å². The fourth-order valence-corrected chi connectivity index (χ4v) is 1.82. The van der Waals surface area contributed by atoms with Crippen molar-refractivity contribution in [3.63, 3.8) is 0 Å². The third-order valence-electron chi connectivity index (χ3n) is 1.82. The topological polar surface area (TPSA) is 133 Å². The molecule has 0 atom stereocenters. The van der Waals surface area contributed by atoms with E-state index < -0.39 is 25.0 Å². The summed E-state index contributed by atoms with van der Waals surface area (Å²) in [6, 6.07) is 0. The number of carbonyl (C=O) groups is 4. The van der Waals surface area contributed by atoms with Gasteiger partial charge in [-0.1, -0.05) is 0 Å². The van der Waals surface area contributed by atoms with Gasteiger partial charge in [0, 0.05) is 24.3 Å². The van der Waals surface area contributed by atoms with Gasteiger partial charge in [0.05, 0.1) is 0 Å². The summed E-state index contributed by atoms with van der Waals surface area (Å²) in [5, 5.41) is 21.1. The molecule has 0 heterocycles. The molecule has 0 fully saturated rings. The first kappa shape index (κ1) is 17.2. The third kappa shape index (κ3) is 12.5. The van der Waals surface area contributed by atoms with Gasteiger partial charge in [0.2, 0.25) is 11.8 Å². The first-order chi connectivity index (χ1) is 8.91. The van der Waals surface area contributed by atoms with Crippen LogP contribution in [0.5, 0.6) is 0 Å². The molecule has 0 spiro atoms. The molecule has 0 aromatic heterocycles. The van der Waals surface area contributed by atoms with Gasteiger partial charge in [-0.2, -0.15) is 11.8 Å². The maximum absolute atomic E-state index is 11.1. The molecule has 0 bridgehead atoms. The fourth-order valence-electron chi connectivity index (χ4n) is 0.957. The maximum atomic E-state index is 11.1. The molecule has 4 N–H and O–H groups in total. The Balaban J connectivity index is 3.44. The van der Waals surface area contributed by atoms with Crippen LogP contribution in [0, 0.1) is 0 Å². The largest absolute Gasteiger partial charge is 0.480 e. The van der Waals surface area contributed by atoms with E-state index in [9.17, 15) is 19.2 Å². The summed E-state index contributed by atoms with van der Waals surface area (Å²) in [5.74, 6) is -1.97. The minimum atomic E-state index is -1.10. The van der Waals surface area contributed by atoms with E-state index in [1.54, 1.807) is 0 Å². The van der Waals surface area contributed by atoms with E-state index in [-0.39, 0.29) is 24.7 Å². The summed E-state index contributed by atoms with van der Waals surface area (Å²) in [5.41, 5.74) is 0. The van der Waals surface area contributed by atoms with Gasteiger partial charge in [0.1, 0.15) is 13.1 Å². The van der Waals surface area contributed by atoms with Crippen molar-refractivity contribution in [3.05, 3.63) is 0 Å². The van der Waals surface area contributed by atoms with Crippen LogP contribution in [0.4, 0.5) is 0 Å². The number of hydrogen-bond acceptors (Lipinski definition) is 5. The van der Waals surface area contributed by atoms with Crippen LogP contribution in [0.15, 0.2) is 0 Å². The predicted molar refractivity (Wildman–Crippen MR) is 67.9 cm³/mol. The minimum absolute atomic E-state index is 0.175. The van der Waals surface area contributed by atoms with Crippen LogP contribution in [-0.2, 0) is 19.2 Å². The lowest BCUT2D eigenvalue weighted by atomic mass is 10.4. The zero-order chi connectivity index (χ0) is 14.7. The summed E-state index contributed by atoms with van der Waals surface area (Å²) in [4.78, 5) is 42.5. The normalized spacial score (nSPS) is 9.68. The van der Waals surface area contributed by atoms with Crippen LogP contribution in [0.1, 0.15) is 12.8 Å². The molecular weight excluding hydrogens is 276 g/mol. The number of carbonyl (C=O) groups excluding carboxylic acids is 2. The predicted octanol–water partition coefficient (Wildman–Crippen LogP) is -1.10. The molecule has 0 saturated carbocycles. The number of nitrogens with one attached hydrogen (secondary N) is 2. The highest BCUT2D eigenvalue weighted by molar-refractivity contribution is 7.99. The standard InChI is InChI=1S/C10H16N2O6S/c13-7(11-5-9(15)16)1-3-19-4-2-8(14)12-6-10(17)18/h1-6H2,(H,11,13)(H,12,14)(H,15,16)(H,17,18). The molecule has 19 heavy (non-hydrogen) atoms. The average Bonchev–Trinajstić information content (AvgIpc) is 2.33. The lowest BCUT2D eigenvalue weighted by Gasteiger charge is -2.03. The Morgan fingerprint density at radius 2 is 1.16 bits per heavy atom. The van der Waals surface area contributed by atoms with E-state index in [1.165, 1.54) is 11.8 Å². The highest BCUT2D eigenvalue weighted by atomic mass is 32.2.